The molecule has 128 valence electrons. The first-order valence-electron chi connectivity index (χ1n) is 7.95. The first kappa shape index (κ1) is 17.9. The Morgan fingerprint density at radius 2 is 2.04 bits per heavy atom. The van der Waals surface area contributed by atoms with Crippen LogP contribution in [-0.4, -0.2) is 60.6 Å². The molecule has 0 radical (unpaired) electrons. The van der Waals surface area contributed by atoms with E-state index in [1.54, 1.807) is 0 Å². The number of rotatable bonds is 10. The Labute approximate surface area is 137 Å². The quantitative estimate of drug-likeness (QED) is 0.675. The lowest BCUT2D eigenvalue weighted by Gasteiger charge is -2.19. The summed E-state index contributed by atoms with van der Waals surface area (Å²) in [5.41, 5.74) is 1.63. The summed E-state index contributed by atoms with van der Waals surface area (Å²) in [6.45, 7) is 6.32. The SMILES string of the molecule is CC(C)OCCOC[C@@H](O)CN(C)Cc1nc2ccccc2o1. The molecule has 2 aromatic rings. The number of aliphatic hydroxyl groups is 1. The number of likely N-dealkylation sites (N-methyl/N-ethyl adjacent to an activating group) is 1. The molecule has 0 amide bonds. The Kier molecular flexibility index (Phi) is 6.98. The predicted molar refractivity (Wildman–Crippen MR) is 88.3 cm³/mol. The van der Waals surface area contributed by atoms with E-state index in [0.29, 0.717) is 38.8 Å². The van der Waals surface area contributed by atoms with Crippen molar-refractivity contribution in [3.05, 3.63) is 30.2 Å². The lowest BCUT2D eigenvalue weighted by atomic mass is 10.3. The summed E-state index contributed by atoms with van der Waals surface area (Å²) >= 11 is 0. The van der Waals surface area contributed by atoms with Gasteiger partial charge >= 0.3 is 0 Å². The summed E-state index contributed by atoms with van der Waals surface area (Å²) in [5, 5.41) is 9.99. The summed E-state index contributed by atoms with van der Waals surface area (Å²) in [7, 11) is 1.92. The van der Waals surface area contributed by atoms with Crippen LogP contribution >= 0.6 is 0 Å². The first-order valence-corrected chi connectivity index (χ1v) is 7.95. The molecular weight excluding hydrogens is 296 g/mol. The van der Waals surface area contributed by atoms with Crippen LogP contribution in [0.5, 0.6) is 0 Å². The third-order valence-corrected chi connectivity index (χ3v) is 3.25. The summed E-state index contributed by atoms with van der Waals surface area (Å²) < 4.78 is 16.5. The number of aliphatic hydroxyl groups excluding tert-OH is 1. The van der Waals surface area contributed by atoms with E-state index in [1.807, 2.05) is 50.1 Å². The topological polar surface area (TPSA) is 68.0 Å². The molecule has 1 atom stereocenters. The fraction of sp³-hybridized carbons (Fsp3) is 0.588. The van der Waals surface area contributed by atoms with Crippen molar-refractivity contribution in [3.8, 4) is 0 Å². The summed E-state index contributed by atoms with van der Waals surface area (Å²) in [6.07, 6.45) is -0.352. The second kappa shape index (κ2) is 8.98. The maximum atomic E-state index is 9.99. The molecule has 1 heterocycles. The molecule has 2 rings (SSSR count). The molecule has 0 spiro atoms. The molecule has 6 heteroatoms. The summed E-state index contributed by atoms with van der Waals surface area (Å²) in [4.78, 5) is 6.39. The van der Waals surface area contributed by atoms with Gasteiger partial charge in [0.25, 0.3) is 0 Å². The van der Waals surface area contributed by atoms with Crippen LogP contribution < -0.4 is 0 Å². The first-order chi connectivity index (χ1) is 11.0. The van der Waals surface area contributed by atoms with E-state index in [-0.39, 0.29) is 6.10 Å². The molecular formula is C17H26N2O4. The Balaban J connectivity index is 1.68. The van der Waals surface area contributed by atoms with Gasteiger partial charge < -0.3 is 19.0 Å². The van der Waals surface area contributed by atoms with Crippen molar-refractivity contribution in [1.29, 1.82) is 0 Å². The minimum absolute atomic E-state index is 0.200. The van der Waals surface area contributed by atoms with Crippen LogP contribution in [0.25, 0.3) is 11.1 Å². The minimum Gasteiger partial charge on any atom is -0.439 e. The molecule has 1 aromatic heterocycles. The van der Waals surface area contributed by atoms with Gasteiger partial charge in [0, 0.05) is 6.54 Å². The number of oxazole rings is 1. The van der Waals surface area contributed by atoms with E-state index in [9.17, 15) is 5.11 Å². The molecule has 1 N–H and O–H groups in total. The smallest absolute Gasteiger partial charge is 0.209 e. The second-order valence-corrected chi connectivity index (χ2v) is 5.92. The Bertz CT molecular complexity index is 552. The number of benzene rings is 1. The third kappa shape index (κ3) is 6.27. The van der Waals surface area contributed by atoms with Gasteiger partial charge in [-0.1, -0.05) is 12.1 Å². The highest BCUT2D eigenvalue weighted by Gasteiger charge is 2.12. The van der Waals surface area contributed by atoms with Gasteiger partial charge in [-0.25, -0.2) is 4.98 Å². The zero-order valence-electron chi connectivity index (χ0n) is 14.1. The van der Waals surface area contributed by atoms with Gasteiger partial charge in [0.15, 0.2) is 5.58 Å². The van der Waals surface area contributed by atoms with Crippen LogP contribution in [0.3, 0.4) is 0 Å². The highest BCUT2D eigenvalue weighted by Crippen LogP contribution is 2.15. The van der Waals surface area contributed by atoms with E-state index in [4.69, 9.17) is 13.9 Å². The molecule has 23 heavy (non-hydrogen) atoms. The Hall–Kier alpha value is -1.47. The minimum atomic E-state index is -0.552. The molecule has 0 fully saturated rings. The maximum absolute atomic E-state index is 9.99. The van der Waals surface area contributed by atoms with Crippen molar-refractivity contribution in [1.82, 2.24) is 9.88 Å². The second-order valence-electron chi connectivity index (χ2n) is 5.92. The molecule has 0 bridgehead atoms. The number of nitrogens with zero attached hydrogens (tertiary/aromatic N) is 2. The van der Waals surface area contributed by atoms with E-state index in [1.165, 1.54) is 0 Å². The molecule has 0 aliphatic carbocycles. The lowest BCUT2D eigenvalue weighted by molar-refractivity contribution is -0.0177. The van der Waals surface area contributed by atoms with E-state index in [0.717, 1.165) is 11.1 Å². The fourth-order valence-corrected chi connectivity index (χ4v) is 2.26. The molecule has 0 saturated heterocycles. The van der Waals surface area contributed by atoms with Crippen molar-refractivity contribution >= 4 is 11.1 Å². The lowest BCUT2D eigenvalue weighted by Crippen LogP contribution is -2.32. The molecule has 1 aromatic carbocycles. The van der Waals surface area contributed by atoms with Gasteiger partial charge in [-0.05, 0) is 33.0 Å². The van der Waals surface area contributed by atoms with Gasteiger partial charge in [-0.15, -0.1) is 0 Å². The standard InChI is InChI=1S/C17H26N2O4/c1-13(2)22-9-8-21-12-14(20)10-19(3)11-17-18-15-6-4-5-7-16(15)23-17/h4-7,13-14,20H,8-12H2,1-3H3/t14-/m0/s1. The number of fused-ring (bicyclic) bond motifs is 1. The monoisotopic (exact) mass is 322 g/mol. The van der Waals surface area contributed by atoms with Crippen molar-refractivity contribution in [3.63, 3.8) is 0 Å². The van der Waals surface area contributed by atoms with Crippen LogP contribution in [0.2, 0.25) is 0 Å². The Morgan fingerprint density at radius 1 is 1.26 bits per heavy atom. The van der Waals surface area contributed by atoms with E-state index >= 15 is 0 Å². The number of para-hydroxylation sites is 2. The maximum Gasteiger partial charge on any atom is 0.209 e. The zero-order chi connectivity index (χ0) is 16.7. The third-order valence-electron chi connectivity index (χ3n) is 3.25. The number of hydrogen-bond donors (Lipinski definition) is 1. The van der Waals surface area contributed by atoms with Crippen LogP contribution in [-0.2, 0) is 16.0 Å². The normalized spacial score (nSPS) is 13.3. The van der Waals surface area contributed by atoms with Gasteiger partial charge in [-0.2, -0.15) is 0 Å². The average Bonchev–Trinajstić information content (AvgIpc) is 2.88. The molecule has 0 aliphatic heterocycles. The summed E-state index contributed by atoms with van der Waals surface area (Å²) in [6, 6.07) is 7.67. The van der Waals surface area contributed by atoms with Crippen LogP contribution in [0.4, 0.5) is 0 Å². The van der Waals surface area contributed by atoms with E-state index in [2.05, 4.69) is 4.98 Å². The number of hydrogen-bond acceptors (Lipinski definition) is 6. The van der Waals surface area contributed by atoms with E-state index < -0.39 is 6.10 Å². The predicted octanol–water partition coefficient (Wildman–Crippen LogP) is 2.06. The van der Waals surface area contributed by atoms with Gasteiger partial charge in [0.1, 0.15) is 5.52 Å². The van der Waals surface area contributed by atoms with Gasteiger partial charge in [-0.3, -0.25) is 4.90 Å². The van der Waals surface area contributed by atoms with Crippen molar-refractivity contribution < 1.29 is 19.0 Å². The van der Waals surface area contributed by atoms with Crippen molar-refractivity contribution in [2.24, 2.45) is 0 Å². The van der Waals surface area contributed by atoms with Crippen molar-refractivity contribution in [2.75, 3.05) is 33.4 Å². The highest BCUT2D eigenvalue weighted by atomic mass is 16.5. The van der Waals surface area contributed by atoms with Crippen LogP contribution in [0.15, 0.2) is 28.7 Å². The van der Waals surface area contributed by atoms with Gasteiger partial charge in [0.05, 0.1) is 38.6 Å². The van der Waals surface area contributed by atoms with Gasteiger partial charge in [0.2, 0.25) is 5.89 Å². The Morgan fingerprint density at radius 3 is 2.78 bits per heavy atom. The number of aromatic nitrogens is 1. The average molecular weight is 322 g/mol. The highest BCUT2D eigenvalue weighted by molar-refractivity contribution is 5.72. The van der Waals surface area contributed by atoms with Crippen molar-refractivity contribution in [2.45, 2.75) is 32.6 Å². The number of ether oxygens (including phenoxy) is 2. The molecule has 0 unspecified atom stereocenters. The zero-order valence-corrected chi connectivity index (χ0v) is 14.1. The molecule has 0 aliphatic rings. The molecule has 6 nitrogen and oxygen atoms in total. The summed E-state index contributed by atoms with van der Waals surface area (Å²) in [5.74, 6) is 0.646. The van der Waals surface area contributed by atoms with Crippen LogP contribution in [0.1, 0.15) is 19.7 Å². The molecule has 0 saturated carbocycles. The fourth-order valence-electron chi connectivity index (χ4n) is 2.26. The van der Waals surface area contributed by atoms with Crippen LogP contribution in [0, 0.1) is 0 Å². The largest absolute Gasteiger partial charge is 0.439 e.